The lowest BCUT2D eigenvalue weighted by Crippen LogP contribution is -2.48. The molecule has 0 fully saturated rings. The van der Waals surface area contributed by atoms with Crippen molar-refractivity contribution in [2.75, 3.05) is 13.2 Å². The Labute approximate surface area is 213 Å². The van der Waals surface area contributed by atoms with Crippen LogP contribution in [0.25, 0.3) is 0 Å². The fraction of sp³-hybridized carbons (Fsp3) is 0.259. The zero-order valence-electron chi connectivity index (χ0n) is 20.0. The first kappa shape index (κ1) is 27.0. The van der Waals surface area contributed by atoms with Gasteiger partial charge in [0.15, 0.2) is 6.61 Å². The molecule has 3 aromatic rings. The van der Waals surface area contributed by atoms with E-state index in [-0.39, 0.29) is 23.3 Å². The molecular formula is C27H28N2O8. The number of hydrogen-bond donors (Lipinski definition) is 4. The van der Waals surface area contributed by atoms with Gasteiger partial charge in [0.2, 0.25) is 5.91 Å². The molecule has 1 heterocycles. The minimum Gasteiger partial charge on any atom is -0.481 e. The van der Waals surface area contributed by atoms with Crippen molar-refractivity contribution in [3.63, 3.8) is 0 Å². The average molecular weight is 509 g/mol. The normalized spacial score (nSPS) is 11.4. The molecule has 2 amide bonds. The van der Waals surface area contributed by atoms with Gasteiger partial charge in [-0.25, -0.2) is 9.59 Å². The maximum Gasteiger partial charge on any atom is 0.341 e. The number of unbranched alkanes of at least 4 members (excludes halogenated alkanes) is 1. The summed E-state index contributed by atoms with van der Waals surface area (Å²) >= 11 is 0. The summed E-state index contributed by atoms with van der Waals surface area (Å²) in [5.74, 6) is -3.61. The predicted molar refractivity (Wildman–Crippen MR) is 133 cm³/mol. The van der Waals surface area contributed by atoms with Gasteiger partial charge < -0.3 is 30.0 Å². The molecule has 0 bridgehead atoms. The molecule has 0 aliphatic carbocycles. The third-order valence-corrected chi connectivity index (χ3v) is 5.50. The number of ether oxygens (including phenoxy) is 1. The highest BCUT2D eigenvalue weighted by Gasteiger charge is 2.23. The molecule has 1 unspecified atom stereocenters. The summed E-state index contributed by atoms with van der Waals surface area (Å²) in [5.41, 5.74) is 1.64. The van der Waals surface area contributed by atoms with Crippen LogP contribution in [-0.4, -0.2) is 53.2 Å². The summed E-state index contributed by atoms with van der Waals surface area (Å²) in [6, 6.07) is 14.6. The quantitative estimate of drug-likeness (QED) is 0.242. The predicted octanol–water partition coefficient (Wildman–Crippen LogP) is 2.92. The van der Waals surface area contributed by atoms with Gasteiger partial charge >= 0.3 is 11.9 Å². The number of amides is 2. The minimum absolute atomic E-state index is 0.00106. The Kier molecular flexibility index (Phi) is 9.83. The number of carbonyl (C=O) groups is 4. The maximum absolute atomic E-state index is 13.0. The van der Waals surface area contributed by atoms with Crippen LogP contribution >= 0.6 is 0 Å². The second-order valence-corrected chi connectivity index (χ2v) is 8.29. The Morgan fingerprint density at radius 2 is 1.73 bits per heavy atom. The SMILES string of the molecule is O=C(O)COc1ccc(CC(NC(=O)c2ccoc2)C(=O)NCCCCc2ccccc2)cc1C(=O)O. The van der Waals surface area contributed by atoms with Gasteiger partial charge in [-0.3, -0.25) is 9.59 Å². The molecule has 4 N–H and O–H groups in total. The van der Waals surface area contributed by atoms with E-state index in [1.807, 2.05) is 30.3 Å². The van der Waals surface area contributed by atoms with E-state index in [1.54, 1.807) is 0 Å². The first-order valence-electron chi connectivity index (χ1n) is 11.7. The second kappa shape index (κ2) is 13.5. The number of carboxylic acid groups (broad SMARTS) is 2. The van der Waals surface area contributed by atoms with Crippen LogP contribution in [0.1, 0.15) is 44.7 Å². The number of aromatic carboxylic acids is 1. The van der Waals surface area contributed by atoms with Crippen molar-refractivity contribution in [2.24, 2.45) is 0 Å². The van der Waals surface area contributed by atoms with Crippen LogP contribution in [0.4, 0.5) is 0 Å². The standard InChI is InChI=1S/C27H28N2O8/c30-24(31)17-37-23-10-9-19(14-21(23)27(34)35)15-22(29-25(32)20-11-13-36-16-20)26(33)28-12-5-4-8-18-6-2-1-3-7-18/h1-3,6-7,9-11,13-14,16,22H,4-5,8,12,15,17H2,(H,28,33)(H,29,32)(H,30,31)(H,34,35). The smallest absolute Gasteiger partial charge is 0.341 e. The van der Waals surface area contributed by atoms with Crippen LogP contribution in [0, 0.1) is 0 Å². The van der Waals surface area contributed by atoms with Gasteiger partial charge in [-0.2, -0.15) is 0 Å². The summed E-state index contributed by atoms with van der Waals surface area (Å²) in [4.78, 5) is 48.1. The lowest BCUT2D eigenvalue weighted by atomic mass is 10.0. The van der Waals surface area contributed by atoms with Gasteiger partial charge in [0.1, 0.15) is 23.6 Å². The van der Waals surface area contributed by atoms with Crippen molar-refractivity contribution in [3.8, 4) is 5.75 Å². The summed E-state index contributed by atoms with van der Waals surface area (Å²) in [6.45, 7) is -0.290. The van der Waals surface area contributed by atoms with Crippen molar-refractivity contribution in [1.29, 1.82) is 0 Å². The molecule has 194 valence electrons. The number of furan rings is 1. The van der Waals surface area contributed by atoms with Crippen molar-refractivity contribution in [2.45, 2.75) is 31.7 Å². The molecule has 0 spiro atoms. The number of rotatable bonds is 14. The maximum atomic E-state index is 13.0. The third kappa shape index (κ3) is 8.53. The Balaban J connectivity index is 1.66. The summed E-state index contributed by atoms with van der Waals surface area (Å²) in [5, 5.41) is 23.8. The van der Waals surface area contributed by atoms with Gasteiger partial charge in [0, 0.05) is 13.0 Å². The molecule has 1 aromatic heterocycles. The molecule has 37 heavy (non-hydrogen) atoms. The van der Waals surface area contributed by atoms with E-state index < -0.39 is 36.4 Å². The molecule has 0 radical (unpaired) electrons. The van der Waals surface area contributed by atoms with E-state index in [9.17, 15) is 24.3 Å². The van der Waals surface area contributed by atoms with E-state index in [0.29, 0.717) is 12.1 Å². The number of carbonyl (C=O) groups excluding carboxylic acids is 2. The first-order chi connectivity index (χ1) is 17.8. The highest BCUT2D eigenvalue weighted by atomic mass is 16.5. The zero-order chi connectivity index (χ0) is 26.6. The number of hydrogen-bond acceptors (Lipinski definition) is 6. The highest BCUT2D eigenvalue weighted by molar-refractivity contribution is 5.97. The van der Waals surface area contributed by atoms with Crippen molar-refractivity contribution >= 4 is 23.8 Å². The number of aryl methyl sites for hydroxylation is 1. The van der Waals surface area contributed by atoms with Crippen molar-refractivity contribution in [1.82, 2.24) is 10.6 Å². The number of carboxylic acids is 2. The van der Waals surface area contributed by atoms with Crippen LogP contribution in [0.2, 0.25) is 0 Å². The topological polar surface area (TPSA) is 155 Å². The van der Waals surface area contributed by atoms with E-state index in [0.717, 1.165) is 19.3 Å². The Morgan fingerprint density at radius 3 is 2.41 bits per heavy atom. The monoisotopic (exact) mass is 508 g/mol. The van der Waals surface area contributed by atoms with Gasteiger partial charge in [-0.1, -0.05) is 36.4 Å². The van der Waals surface area contributed by atoms with E-state index in [2.05, 4.69) is 10.6 Å². The third-order valence-electron chi connectivity index (χ3n) is 5.50. The second-order valence-electron chi connectivity index (χ2n) is 8.29. The molecule has 1 atom stereocenters. The van der Waals surface area contributed by atoms with Gasteiger partial charge in [0.25, 0.3) is 5.91 Å². The van der Waals surface area contributed by atoms with Crippen LogP contribution in [-0.2, 0) is 22.4 Å². The Bertz CT molecular complexity index is 1210. The lowest BCUT2D eigenvalue weighted by molar-refractivity contribution is -0.139. The molecule has 0 saturated carbocycles. The van der Waals surface area contributed by atoms with Crippen molar-refractivity contribution in [3.05, 3.63) is 89.4 Å². The zero-order valence-corrected chi connectivity index (χ0v) is 20.0. The van der Waals surface area contributed by atoms with Gasteiger partial charge in [0.05, 0.1) is 11.8 Å². The average Bonchev–Trinajstić information content (AvgIpc) is 3.43. The molecule has 0 aliphatic heterocycles. The van der Waals surface area contributed by atoms with E-state index in [1.165, 1.54) is 42.4 Å². The largest absolute Gasteiger partial charge is 0.481 e. The Morgan fingerprint density at radius 1 is 0.946 bits per heavy atom. The minimum atomic E-state index is -1.32. The molecule has 0 aliphatic rings. The van der Waals surface area contributed by atoms with Crippen molar-refractivity contribution < 1.29 is 38.5 Å². The molecule has 10 heteroatoms. The molecule has 2 aromatic carbocycles. The van der Waals surface area contributed by atoms with Crippen LogP contribution in [0.3, 0.4) is 0 Å². The van der Waals surface area contributed by atoms with Crippen LogP contribution in [0.5, 0.6) is 5.75 Å². The summed E-state index contributed by atoms with van der Waals surface area (Å²) in [6.07, 6.45) is 5.08. The molecule has 3 rings (SSSR count). The lowest BCUT2D eigenvalue weighted by Gasteiger charge is -2.19. The number of benzene rings is 2. The number of aliphatic carboxylic acids is 1. The highest BCUT2D eigenvalue weighted by Crippen LogP contribution is 2.21. The Hall–Kier alpha value is -4.60. The molecular weight excluding hydrogens is 480 g/mol. The summed E-state index contributed by atoms with van der Waals surface area (Å²) < 4.78 is 9.99. The van der Waals surface area contributed by atoms with Gasteiger partial charge in [-0.05, 0) is 48.6 Å². The molecule has 0 saturated heterocycles. The van der Waals surface area contributed by atoms with E-state index in [4.69, 9.17) is 14.3 Å². The summed E-state index contributed by atoms with van der Waals surface area (Å²) in [7, 11) is 0. The number of nitrogens with one attached hydrogen (secondary N) is 2. The van der Waals surface area contributed by atoms with Gasteiger partial charge in [-0.15, -0.1) is 0 Å². The fourth-order valence-electron chi connectivity index (χ4n) is 3.65. The first-order valence-corrected chi connectivity index (χ1v) is 11.7. The van der Waals surface area contributed by atoms with Crippen LogP contribution < -0.4 is 15.4 Å². The molecule has 10 nitrogen and oxygen atoms in total. The van der Waals surface area contributed by atoms with Crippen LogP contribution in [0.15, 0.2) is 71.5 Å². The fourth-order valence-corrected chi connectivity index (χ4v) is 3.65. The van der Waals surface area contributed by atoms with E-state index >= 15 is 0 Å².